The molecule has 0 aliphatic rings. The van der Waals surface area contributed by atoms with Gasteiger partial charge in [0.1, 0.15) is 5.84 Å². The first kappa shape index (κ1) is 13.7. The highest BCUT2D eigenvalue weighted by atomic mass is 15.1. The Morgan fingerprint density at radius 2 is 1.88 bits per heavy atom. The van der Waals surface area contributed by atoms with Crippen LogP contribution in [-0.2, 0) is 6.54 Å². The van der Waals surface area contributed by atoms with E-state index in [-0.39, 0.29) is 5.84 Å². The SMILES string of the molecule is CC(C)CCN(C)Cc1ccc(C(=N)N)cc1. The fourth-order valence-corrected chi connectivity index (χ4v) is 1.66. The van der Waals surface area contributed by atoms with Crippen LogP contribution in [0.25, 0.3) is 0 Å². The molecule has 0 aliphatic carbocycles. The van der Waals surface area contributed by atoms with Crippen molar-refractivity contribution < 1.29 is 0 Å². The topological polar surface area (TPSA) is 53.1 Å². The van der Waals surface area contributed by atoms with Crippen molar-refractivity contribution >= 4 is 5.84 Å². The minimum atomic E-state index is 0.129. The zero-order valence-electron chi connectivity index (χ0n) is 11.0. The Labute approximate surface area is 104 Å². The molecule has 0 saturated heterocycles. The average molecular weight is 233 g/mol. The van der Waals surface area contributed by atoms with Crippen molar-refractivity contribution in [3.05, 3.63) is 35.4 Å². The Hall–Kier alpha value is -1.35. The van der Waals surface area contributed by atoms with Gasteiger partial charge in [-0.15, -0.1) is 0 Å². The van der Waals surface area contributed by atoms with Crippen LogP contribution in [-0.4, -0.2) is 24.3 Å². The fraction of sp³-hybridized carbons (Fsp3) is 0.500. The highest BCUT2D eigenvalue weighted by Crippen LogP contribution is 2.08. The molecule has 0 heterocycles. The van der Waals surface area contributed by atoms with Crippen molar-refractivity contribution in [2.75, 3.05) is 13.6 Å². The summed E-state index contributed by atoms with van der Waals surface area (Å²) in [6, 6.07) is 7.91. The molecule has 0 aliphatic heterocycles. The molecule has 0 bridgehead atoms. The third kappa shape index (κ3) is 5.00. The first-order chi connectivity index (χ1) is 7.99. The fourth-order valence-electron chi connectivity index (χ4n) is 1.66. The van der Waals surface area contributed by atoms with Gasteiger partial charge in [0, 0.05) is 12.1 Å². The van der Waals surface area contributed by atoms with E-state index in [4.69, 9.17) is 11.1 Å². The number of amidine groups is 1. The summed E-state index contributed by atoms with van der Waals surface area (Å²) in [5.74, 6) is 0.877. The molecule has 0 radical (unpaired) electrons. The van der Waals surface area contributed by atoms with Crippen LogP contribution >= 0.6 is 0 Å². The molecular weight excluding hydrogens is 210 g/mol. The van der Waals surface area contributed by atoms with Crippen LogP contribution in [0.2, 0.25) is 0 Å². The summed E-state index contributed by atoms with van der Waals surface area (Å²) in [7, 11) is 2.14. The molecule has 3 nitrogen and oxygen atoms in total. The second kappa shape index (κ2) is 6.40. The monoisotopic (exact) mass is 233 g/mol. The molecule has 0 atom stereocenters. The molecular formula is C14H23N3. The number of hydrogen-bond acceptors (Lipinski definition) is 2. The lowest BCUT2D eigenvalue weighted by Gasteiger charge is -2.18. The lowest BCUT2D eigenvalue weighted by atomic mass is 10.1. The third-order valence-corrected chi connectivity index (χ3v) is 2.81. The van der Waals surface area contributed by atoms with Gasteiger partial charge in [0.2, 0.25) is 0 Å². The van der Waals surface area contributed by atoms with Crippen molar-refractivity contribution in [2.45, 2.75) is 26.8 Å². The molecule has 17 heavy (non-hydrogen) atoms. The van der Waals surface area contributed by atoms with E-state index < -0.39 is 0 Å². The molecule has 3 heteroatoms. The Kier molecular flexibility index (Phi) is 5.16. The molecule has 0 amide bonds. The number of nitrogen functional groups attached to an aromatic ring is 1. The Morgan fingerprint density at radius 3 is 2.35 bits per heavy atom. The molecule has 0 aromatic heterocycles. The van der Waals surface area contributed by atoms with Crippen molar-refractivity contribution in [2.24, 2.45) is 11.7 Å². The zero-order chi connectivity index (χ0) is 12.8. The Balaban J connectivity index is 2.48. The lowest BCUT2D eigenvalue weighted by Crippen LogP contribution is -2.20. The summed E-state index contributed by atoms with van der Waals surface area (Å²) in [6.07, 6.45) is 1.22. The van der Waals surface area contributed by atoms with Crippen LogP contribution in [0.3, 0.4) is 0 Å². The van der Waals surface area contributed by atoms with E-state index in [0.717, 1.165) is 24.6 Å². The standard InChI is InChI=1S/C14H23N3/c1-11(2)8-9-17(3)10-12-4-6-13(7-5-12)14(15)16/h4-7,11H,8-10H2,1-3H3,(H3,15,16). The summed E-state index contributed by atoms with van der Waals surface area (Å²) in [5.41, 5.74) is 7.47. The van der Waals surface area contributed by atoms with Gasteiger partial charge in [0.15, 0.2) is 0 Å². The Morgan fingerprint density at radius 1 is 1.29 bits per heavy atom. The van der Waals surface area contributed by atoms with Crippen LogP contribution < -0.4 is 5.73 Å². The maximum atomic E-state index is 7.33. The van der Waals surface area contributed by atoms with Crippen LogP contribution in [0, 0.1) is 11.3 Å². The molecule has 0 fully saturated rings. The second-order valence-corrected chi connectivity index (χ2v) is 5.03. The van der Waals surface area contributed by atoms with E-state index in [1.807, 2.05) is 24.3 Å². The number of nitrogens with one attached hydrogen (secondary N) is 1. The molecule has 1 aromatic carbocycles. The smallest absolute Gasteiger partial charge is 0.122 e. The summed E-state index contributed by atoms with van der Waals surface area (Å²) in [5, 5.41) is 7.33. The van der Waals surface area contributed by atoms with E-state index in [9.17, 15) is 0 Å². The van der Waals surface area contributed by atoms with E-state index in [2.05, 4.69) is 25.8 Å². The van der Waals surface area contributed by atoms with Gasteiger partial charge in [-0.1, -0.05) is 38.1 Å². The van der Waals surface area contributed by atoms with E-state index in [1.165, 1.54) is 12.0 Å². The second-order valence-electron chi connectivity index (χ2n) is 5.03. The summed E-state index contributed by atoms with van der Waals surface area (Å²) in [6.45, 7) is 6.56. The van der Waals surface area contributed by atoms with Crippen molar-refractivity contribution in [3.63, 3.8) is 0 Å². The largest absolute Gasteiger partial charge is 0.384 e. The van der Waals surface area contributed by atoms with Gasteiger partial charge >= 0.3 is 0 Å². The van der Waals surface area contributed by atoms with Gasteiger partial charge < -0.3 is 10.6 Å². The third-order valence-electron chi connectivity index (χ3n) is 2.81. The number of hydrogen-bond donors (Lipinski definition) is 2. The molecule has 0 spiro atoms. The number of nitrogens with two attached hydrogens (primary N) is 1. The Bertz CT molecular complexity index is 354. The summed E-state index contributed by atoms with van der Waals surface area (Å²) in [4.78, 5) is 2.32. The van der Waals surface area contributed by atoms with Crippen LogP contribution in [0.4, 0.5) is 0 Å². The van der Waals surface area contributed by atoms with Crippen molar-refractivity contribution in [1.82, 2.24) is 4.90 Å². The van der Waals surface area contributed by atoms with E-state index in [0.29, 0.717) is 0 Å². The molecule has 0 unspecified atom stereocenters. The zero-order valence-corrected chi connectivity index (χ0v) is 11.0. The number of benzene rings is 1. The van der Waals surface area contributed by atoms with Crippen molar-refractivity contribution in [1.29, 1.82) is 5.41 Å². The van der Waals surface area contributed by atoms with Gasteiger partial charge in [0.25, 0.3) is 0 Å². The van der Waals surface area contributed by atoms with Gasteiger partial charge in [-0.2, -0.15) is 0 Å². The first-order valence-electron chi connectivity index (χ1n) is 6.11. The maximum absolute atomic E-state index is 7.33. The highest BCUT2D eigenvalue weighted by Gasteiger charge is 2.02. The van der Waals surface area contributed by atoms with Gasteiger partial charge in [-0.25, -0.2) is 0 Å². The van der Waals surface area contributed by atoms with Gasteiger partial charge in [-0.3, -0.25) is 5.41 Å². The number of rotatable bonds is 6. The molecule has 94 valence electrons. The lowest BCUT2D eigenvalue weighted by molar-refractivity contribution is 0.303. The average Bonchev–Trinajstić information content (AvgIpc) is 2.27. The molecule has 3 N–H and O–H groups in total. The summed E-state index contributed by atoms with van der Waals surface area (Å²) < 4.78 is 0. The predicted molar refractivity (Wildman–Crippen MR) is 73.2 cm³/mol. The number of nitrogens with zero attached hydrogens (tertiary/aromatic N) is 1. The summed E-state index contributed by atoms with van der Waals surface area (Å²) >= 11 is 0. The van der Waals surface area contributed by atoms with E-state index >= 15 is 0 Å². The minimum Gasteiger partial charge on any atom is -0.384 e. The minimum absolute atomic E-state index is 0.129. The van der Waals surface area contributed by atoms with Gasteiger partial charge in [0.05, 0.1) is 0 Å². The van der Waals surface area contributed by atoms with Gasteiger partial charge in [-0.05, 0) is 31.5 Å². The maximum Gasteiger partial charge on any atom is 0.122 e. The molecule has 0 saturated carbocycles. The highest BCUT2D eigenvalue weighted by molar-refractivity contribution is 5.94. The predicted octanol–water partition coefficient (Wildman–Crippen LogP) is 2.45. The molecule has 1 rings (SSSR count). The van der Waals surface area contributed by atoms with Crippen LogP contribution in [0.1, 0.15) is 31.4 Å². The van der Waals surface area contributed by atoms with E-state index in [1.54, 1.807) is 0 Å². The first-order valence-corrected chi connectivity index (χ1v) is 6.11. The van der Waals surface area contributed by atoms with Crippen molar-refractivity contribution in [3.8, 4) is 0 Å². The van der Waals surface area contributed by atoms with Crippen LogP contribution in [0.5, 0.6) is 0 Å². The van der Waals surface area contributed by atoms with Crippen LogP contribution in [0.15, 0.2) is 24.3 Å². The molecule has 1 aromatic rings. The normalized spacial score (nSPS) is 11.1. The quantitative estimate of drug-likeness (QED) is 0.586.